The molecule has 0 amide bonds. The molecule has 1 aliphatic heterocycles. The molecule has 0 aromatic carbocycles. The summed E-state index contributed by atoms with van der Waals surface area (Å²) in [4.78, 5) is 18.8. The number of nitrogens with zero attached hydrogens (tertiary/aromatic N) is 2. The molecule has 0 radical (unpaired) electrons. The number of ether oxygens (including phenoxy) is 1. The average Bonchev–Trinajstić information content (AvgIpc) is 2.67. The van der Waals surface area contributed by atoms with Gasteiger partial charge in [0.05, 0.1) is 0 Å². The van der Waals surface area contributed by atoms with Crippen molar-refractivity contribution in [2.75, 3.05) is 6.61 Å². The summed E-state index contributed by atoms with van der Waals surface area (Å²) < 4.78 is 5.54. The Morgan fingerprint density at radius 2 is 2.47 bits per heavy atom. The molecule has 5 heteroatoms. The summed E-state index contributed by atoms with van der Waals surface area (Å²) >= 11 is 0. The van der Waals surface area contributed by atoms with Gasteiger partial charge >= 0.3 is 5.97 Å². The van der Waals surface area contributed by atoms with Crippen molar-refractivity contribution in [3.63, 3.8) is 0 Å². The highest BCUT2D eigenvalue weighted by Gasteiger charge is 2.35. The molecule has 1 atom stereocenters. The van der Waals surface area contributed by atoms with E-state index in [1.54, 1.807) is 0 Å². The molecule has 0 saturated carbocycles. The van der Waals surface area contributed by atoms with Crippen LogP contribution in [0.3, 0.4) is 0 Å². The van der Waals surface area contributed by atoms with Crippen molar-refractivity contribution < 1.29 is 14.6 Å². The molecule has 1 aromatic heterocycles. The lowest BCUT2D eigenvalue weighted by Crippen LogP contribution is -2.24. The van der Waals surface area contributed by atoms with E-state index in [-0.39, 0.29) is 5.69 Å². The van der Waals surface area contributed by atoms with Crippen molar-refractivity contribution in [3.8, 4) is 0 Å². The zero-order valence-corrected chi connectivity index (χ0v) is 8.43. The minimum atomic E-state index is -1.04. The molecule has 0 spiro atoms. The fraction of sp³-hybridized carbons (Fsp3) is 0.500. The van der Waals surface area contributed by atoms with Crippen LogP contribution >= 0.6 is 0 Å². The smallest absolute Gasteiger partial charge is 0.354 e. The van der Waals surface area contributed by atoms with Gasteiger partial charge in [0, 0.05) is 12.8 Å². The van der Waals surface area contributed by atoms with Gasteiger partial charge in [0.1, 0.15) is 5.60 Å². The van der Waals surface area contributed by atoms with Gasteiger partial charge < -0.3 is 9.84 Å². The Labute approximate surface area is 87.1 Å². The van der Waals surface area contributed by atoms with Crippen molar-refractivity contribution in [2.24, 2.45) is 0 Å². The van der Waals surface area contributed by atoms with Gasteiger partial charge in [-0.3, -0.25) is 0 Å². The van der Waals surface area contributed by atoms with Gasteiger partial charge in [0.2, 0.25) is 0 Å². The monoisotopic (exact) mass is 208 g/mol. The van der Waals surface area contributed by atoms with Gasteiger partial charge in [0.15, 0.2) is 11.5 Å². The number of rotatable bonds is 2. The molecule has 1 unspecified atom stereocenters. The summed E-state index contributed by atoms with van der Waals surface area (Å²) in [5.41, 5.74) is -0.512. The van der Waals surface area contributed by atoms with Crippen LogP contribution in [0, 0.1) is 0 Å². The van der Waals surface area contributed by atoms with Gasteiger partial charge in [-0.2, -0.15) is 0 Å². The molecule has 1 saturated heterocycles. The number of aromatic carboxylic acids is 1. The average molecular weight is 208 g/mol. The normalized spacial score (nSPS) is 25.4. The minimum Gasteiger partial charge on any atom is -0.477 e. The Morgan fingerprint density at radius 3 is 3.07 bits per heavy atom. The lowest BCUT2D eigenvalue weighted by Gasteiger charge is -2.20. The Morgan fingerprint density at radius 1 is 1.67 bits per heavy atom. The van der Waals surface area contributed by atoms with Crippen LogP contribution in [0.15, 0.2) is 12.3 Å². The number of aromatic nitrogens is 2. The van der Waals surface area contributed by atoms with Crippen molar-refractivity contribution in [1.82, 2.24) is 9.97 Å². The summed E-state index contributed by atoms with van der Waals surface area (Å²) in [5.74, 6) is -0.583. The second-order valence-corrected chi connectivity index (χ2v) is 3.75. The quantitative estimate of drug-likeness (QED) is 0.790. The number of carboxylic acid groups (broad SMARTS) is 1. The Kier molecular flexibility index (Phi) is 2.40. The highest BCUT2D eigenvalue weighted by molar-refractivity contribution is 5.85. The number of carboxylic acids is 1. The van der Waals surface area contributed by atoms with Crippen LogP contribution in [-0.2, 0) is 10.3 Å². The molecule has 0 bridgehead atoms. The maximum atomic E-state index is 10.7. The molecule has 15 heavy (non-hydrogen) atoms. The fourth-order valence-electron chi connectivity index (χ4n) is 1.69. The largest absolute Gasteiger partial charge is 0.477 e. The van der Waals surface area contributed by atoms with Crippen molar-refractivity contribution in [2.45, 2.75) is 25.4 Å². The first kappa shape index (κ1) is 10.0. The second-order valence-electron chi connectivity index (χ2n) is 3.75. The van der Waals surface area contributed by atoms with E-state index in [1.807, 2.05) is 6.92 Å². The summed E-state index contributed by atoms with van der Waals surface area (Å²) in [6, 6.07) is 1.38. The third-order valence-corrected chi connectivity index (χ3v) is 2.57. The zero-order chi connectivity index (χ0) is 10.9. The Balaban J connectivity index is 2.36. The van der Waals surface area contributed by atoms with Gasteiger partial charge in [-0.05, 0) is 25.8 Å². The lowest BCUT2D eigenvalue weighted by molar-refractivity contribution is 0.00908. The SMILES string of the molecule is CC1(c2nccc(C(=O)O)n2)CCCO1. The summed E-state index contributed by atoms with van der Waals surface area (Å²) in [6.45, 7) is 2.57. The van der Waals surface area contributed by atoms with Crippen LogP contribution < -0.4 is 0 Å². The molecule has 5 nitrogen and oxygen atoms in total. The molecule has 1 fully saturated rings. The molecule has 2 heterocycles. The molecule has 0 aliphatic carbocycles. The van der Waals surface area contributed by atoms with E-state index in [9.17, 15) is 4.79 Å². The van der Waals surface area contributed by atoms with E-state index in [4.69, 9.17) is 9.84 Å². The molecule has 2 rings (SSSR count). The third kappa shape index (κ3) is 1.83. The molecule has 1 aromatic rings. The van der Waals surface area contributed by atoms with Crippen LogP contribution in [0.2, 0.25) is 0 Å². The van der Waals surface area contributed by atoms with Crippen LogP contribution in [0.1, 0.15) is 36.1 Å². The van der Waals surface area contributed by atoms with Gasteiger partial charge in [-0.1, -0.05) is 0 Å². The van der Waals surface area contributed by atoms with Crippen molar-refractivity contribution in [1.29, 1.82) is 0 Å². The molecule has 1 aliphatic rings. The van der Waals surface area contributed by atoms with Crippen molar-refractivity contribution in [3.05, 3.63) is 23.8 Å². The van der Waals surface area contributed by atoms with Gasteiger partial charge in [-0.25, -0.2) is 14.8 Å². The van der Waals surface area contributed by atoms with E-state index in [2.05, 4.69) is 9.97 Å². The number of hydrogen-bond donors (Lipinski definition) is 1. The second kappa shape index (κ2) is 3.58. The maximum Gasteiger partial charge on any atom is 0.354 e. The highest BCUT2D eigenvalue weighted by atomic mass is 16.5. The predicted octanol–water partition coefficient (Wildman–Crippen LogP) is 1.20. The maximum absolute atomic E-state index is 10.7. The molecular weight excluding hydrogens is 196 g/mol. The predicted molar refractivity (Wildman–Crippen MR) is 51.5 cm³/mol. The van der Waals surface area contributed by atoms with Crippen LogP contribution in [-0.4, -0.2) is 27.7 Å². The van der Waals surface area contributed by atoms with E-state index in [0.29, 0.717) is 12.4 Å². The summed E-state index contributed by atoms with van der Waals surface area (Å²) in [6.07, 6.45) is 3.24. The van der Waals surface area contributed by atoms with Gasteiger partial charge in [0.25, 0.3) is 0 Å². The van der Waals surface area contributed by atoms with Crippen LogP contribution in [0.25, 0.3) is 0 Å². The topological polar surface area (TPSA) is 72.3 Å². The highest BCUT2D eigenvalue weighted by Crippen LogP contribution is 2.33. The summed E-state index contributed by atoms with van der Waals surface area (Å²) in [5, 5.41) is 8.80. The van der Waals surface area contributed by atoms with Gasteiger partial charge in [-0.15, -0.1) is 0 Å². The Hall–Kier alpha value is -1.49. The number of hydrogen-bond acceptors (Lipinski definition) is 4. The van der Waals surface area contributed by atoms with Crippen LogP contribution in [0.5, 0.6) is 0 Å². The fourth-order valence-corrected chi connectivity index (χ4v) is 1.69. The lowest BCUT2D eigenvalue weighted by atomic mass is 10.0. The molecular formula is C10H12N2O3. The van der Waals surface area contributed by atoms with Crippen molar-refractivity contribution >= 4 is 5.97 Å². The molecule has 80 valence electrons. The third-order valence-electron chi connectivity index (χ3n) is 2.57. The first-order chi connectivity index (χ1) is 7.12. The van der Waals surface area contributed by atoms with Crippen LogP contribution in [0.4, 0.5) is 0 Å². The van der Waals surface area contributed by atoms with E-state index in [1.165, 1.54) is 12.3 Å². The first-order valence-corrected chi connectivity index (χ1v) is 4.83. The minimum absolute atomic E-state index is 0.0109. The first-order valence-electron chi connectivity index (χ1n) is 4.83. The summed E-state index contributed by atoms with van der Waals surface area (Å²) in [7, 11) is 0. The standard InChI is InChI=1S/C10H12N2O3/c1-10(4-2-6-15-10)9-11-5-3-7(12-9)8(13)14/h3,5H,2,4,6H2,1H3,(H,13,14). The Bertz CT molecular complexity index is 386. The molecule has 1 N–H and O–H groups in total. The zero-order valence-electron chi connectivity index (χ0n) is 8.43. The van der Waals surface area contributed by atoms with E-state index < -0.39 is 11.6 Å². The van der Waals surface area contributed by atoms with E-state index >= 15 is 0 Å². The van der Waals surface area contributed by atoms with E-state index in [0.717, 1.165) is 12.8 Å². The number of carbonyl (C=O) groups is 1.